The molecule has 0 unspecified atom stereocenters. The summed E-state index contributed by atoms with van der Waals surface area (Å²) in [6.45, 7) is 0. The predicted octanol–water partition coefficient (Wildman–Crippen LogP) is 3.28. The third kappa shape index (κ3) is 3.57. The van der Waals surface area contributed by atoms with Gasteiger partial charge < -0.3 is 5.32 Å². The highest BCUT2D eigenvalue weighted by Gasteiger charge is 2.33. The molecule has 1 heterocycles. The Kier molecular flexibility index (Phi) is 4.02. The zero-order chi connectivity index (χ0) is 14.6. The van der Waals surface area contributed by atoms with E-state index in [1.807, 2.05) is 0 Å². The molecule has 0 saturated heterocycles. The Hall–Kier alpha value is -2.37. The van der Waals surface area contributed by atoms with Crippen molar-refractivity contribution in [2.75, 3.05) is 5.32 Å². The molecule has 0 aliphatic rings. The molecular weight excluding hydrogens is 269 g/mol. The molecule has 1 N–H and O–H groups in total. The first-order valence-corrected chi connectivity index (χ1v) is 5.82. The van der Waals surface area contributed by atoms with Gasteiger partial charge in [0.15, 0.2) is 0 Å². The monoisotopic (exact) mass is 280 g/mol. The fourth-order valence-corrected chi connectivity index (χ4v) is 1.72. The predicted molar refractivity (Wildman–Crippen MR) is 68.0 cm³/mol. The lowest BCUT2D eigenvalue weighted by Crippen LogP contribution is -2.18. The van der Waals surface area contributed by atoms with Gasteiger partial charge in [0.25, 0.3) is 0 Å². The number of para-hydroxylation sites is 1. The second-order valence-electron chi connectivity index (χ2n) is 4.13. The van der Waals surface area contributed by atoms with Crippen LogP contribution in [0.2, 0.25) is 0 Å². The summed E-state index contributed by atoms with van der Waals surface area (Å²) in [7, 11) is 0. The number of hydrogen-bond acceptors (Lipinski definition) is 2. The van der Waals surface area contributed by atoms with E-state index in [4.69, 9.17) is 0 Å². The van der Waals surface area contributed by atoms with E-state index in [0.29, 0.717) is 5.56 Å². The largest absolute Gasteiger partial charge is 0.418 e. The van der Waals surface area contributed by atoms with Crippen LogP contribution in [0.25, 0.3) is 0 Å². The number of hydrogen-bond donors (Lipinski definition) is 1. The molecule has 0 radical (unpaired) electrons. The molecule has 3 nitrogen and oxygen atoms in total. The van der Waals surface area contributed by atoms with Gasteiger partial charge in [-0.2, -0.15) is 13.2 Å². The van der Waals surface area contributed by atoms with Crippen LogP contribution in [-0.2, 0) is 17.4 Å². The molecule has 2 rings (SSSR count). The molecule has 0 bridgehead atoms. The Balaban J connectivity index is 2.13. The first-order valence-electron chi connectivity index (χ1n) is 5.82. The number of benzene rings is 1. The van der Waals surface area contributed by atoms with E-state index in [9.17, 15) is 18.0 Å². The average molecular weight is 280 g/mol. The normalized spacial score (nSPS) is 11.2. The van der Waals surface area contributed by atoms with Crippen LogP contribution in [0.3, 0.4) is 0 Å². The Morgan fingerprint density at radius 2 is 1.90 bits per heavy atom. The van der Waals surface area contributed by atoms with E-state index in [1.54, 1.807) is 18.3 Å². The van der Waals surface area contributed by atoms with Crippen molar-refractivity contribution in [2.24, 2.45) is 0 Å². The van der Waals surface area contributed by atoms with Crippen molar-refractivity contribution in [1.82, 2.24) is 4.98 Å². The Labute approximate surface area is 113 Å². The zero-order valence-corrected chi connectivity index (χ0v) is 10.3. The van der Waals surface area contributed by atoms with Crippen molar-refractivity contribution < 1.29 is 18.0 Å². The number of carbonyl (C=O) groups is 1. The molecule has 1 aromatic heterocycles. The molecular formula is C14H11F3N2O. The van der Waals surface area contributed by atoms with Crippen molar-refractivity contribution in [3.05, 3.63) is 59.9 Å². The van der Waals surface area contributed by atoms with Crippen LogP contribution < -0.4 is 5.32 Å². The summed E-state index contributed by atoms with van der Waals surface area (Å²) >= 11 is 0. The molecule has 1 amide bonds. The topological polar surface area (TPSA) is 42.0 Å². The van der Waals surface area contributed by atoms with Gasteiger partial charge >= 0.3 is 6.18 Å². The number of alkyl halides is 3. The summed E-state index contributed by atoms with van der Waals surface area (Å²) < 4.78 is 38.3. The molecule has 20 heavy (non-hydrogen) atoms. The number of nitrogens with one attached hydrogen (secondary N) is 1. The molecule has 1 aromatic carbocycles. The summed E-state index contributed by atoms with van der Waals surface area (Å²) in [5, 5.41) is 2.28. The van der Waals surface area contributed by atoms with Crippen molar-refractivity contribution in [1.29, 1.82) is 0 Å². The smallest absolute Gasteiger partial charge is 0.325 e. The van der Waals surface area contributed by atoms with E-state index < -0.39 is 17.6 Å². The minimum Gasteiger partial charge on any atom is -0.325 e. The summed E-state index contributed by atoms with van der Waals surface area (Å²) in [4.78, 5) is 15.6. The number of carbonyl (C=O) groups excluding carboxylic acids is 1. The fourth-order valence-electron chi connectivity index (χ4n) is 1.72. The summed E-state index contributed by atoms with van der Waals surface area (Å²) in [6.07, 6.45) is -1.48. The lowest BCUT2D eigenvalue weighted by atomic mass is 10.1. The Bertz CT molecular complexity index is 597. The molecule has 0 aliphatic carbocycles. The first-order chi connectivity index (χ1) is 9.47. The summed E-state index contributed by atoms with van der Waals surface area (Å²) in [5.74, 6) is -0.519. The number of anilines is 1. The average Bonchev–Trinajstić information content (AvgIpc) is 2.39. The lowest BCUT2D eigenvalue weighted by molar-refractivity contribution is -0.137. The summed E-state index contributed by atoms with van der Waals surface area (Å²) in [6, 6.07) is 8.21. The number of amides is 1. The van der Waals surface area contributed by atoms with Gasteiger partial charge in [0.2, 0.25) is 5.91 Å². The lowest BCUT2D eigenvalue weighted by Gasteiger charge is -2.13. The first kappa shape index (κ1) is 14.0. The van der Waals surface area contributed by atoms with Crippen molar-refractivity contribution in [3.8, 4) is 0 Å². The second-order valence-corrected chi connectivity index (χ2v) is 4.13. The van der Waals surface area contributed by atoms with Crippen LogP contribution in [-0.4, -0.2) is 10.9 Å². The van der Waals surface area contributed by atoms with Crippen LogP contribution in [0.1, 0.15) is 11.1 Å². The SMILES string of the molecule is O=C(Cc1cccnc1)Nc1ccccc1C(F)(F)F. The number of aromatic nitrogens is 1. The van der Waals surface area contributed by atoms with Crippen molar-refractivity contribution >= 4 is 11.6 Å². The van der Waals surface area contributed by atoms with Gasteiger partial charge in [0, 0.05) is 12.4 Å². The molecule has 2 aromatic rings. The number of pyridine rings is 1. The Morgan fingerprint density at radius 1 is 1.15 bits per heavy atom. The fraction of sp³-hybridized carbons (Fsp3) is 0.143. The van der Waals surface area contributed by atoms with Crippen LogP contribution in [0, 0.1) is 0 Å². The van der Waals surface area contributed by atoms with Crippen LogP contribution >= 0.6 is 0 Å². The second kappa shape index (κ2) is 5.73. The van der Waals surface area contributed by atoms with Gasteiger partial charge in [-0.3, -0.25) is 9.78 Å². The highest BCUT2D eigenvalue weighted by molar-refractivity contribution is 5.93. The quantitative estimate of drug-likeness (QED) is 0.937. The van der Waals surface area contributed by atoms with Crippen molar-refractivity contribution in [2.45, 2.75) is 12.6 Å². The van der Waals surface area contributed by atoms with E-state index >= 15 is 0 Å². The van der Waals surface area contributed by atoms with Gasteiger partial charge in [-0.1, -0.05) is 18.2 Å². The molecule has 0 atom stereocenters. The Morgan fingerprint density at radius 3 is 2.55 bits per heavy atom. The minimum atomic E-state index is -4.50. The highest BCUT2D eigenvalue weighted by atomic mass is 19.4. The van der Waals surface area contributed by atoms with E-state index in [0.717, 1.165) is 6.07 Å². The van der Waals surface area contributed by atoms with Crippen molar-refractivity contribution in [3.63, 3.8) is 0 Å². The molecule has 0 saturated carbocycles. The van der Waals surface area contributed by atoms with Gasteiger partial charge in [0.1, 0.15) is 0 Å². The maximum atomic E-state index is 12.8. The number of nitrogens with zero attached hydrogens (tertiary/aromatic N) is 1. The third-order valence-corrected chi connectivity index (χ3v) is 2.59. The van der Waals surface area contributed by atoms with Crippen LogP contribution in [0.4, 0.5) is 18.9 Å². The number of rotatable bonds is 3. The van der Waals surface area contributed by atoms with Gasteiger partial charge in [0.05, 0.1) is 17.7 Å². The van der Waals surface area contributed by atoms with E-state index in [-0.39, 0.29) is 12.1 Å². The minimum absolute atomic E-state index is 0.0277. The molecule has 0 fully saturated rings. The van der Waals surface area contributed by atoms with Crippen LogP contribution in [0.5, 0.6) is 0 Å². The van der Waals surface area contributed by atoms with Gasteiger partial charge in [-0.15, -0.1) is 0 Å². The van der Waals surface area contributed by atoms with Gasteiger partial charge in [-0.25, -0.2) is 0 Å². The molecule has 6 heteroatoms. The number of halogens is 3. The van der Waals surface area contributed by atoms with Crippen LogP contribution in [0.15, 0.2) is 48.8 Å². The highest BCUT2D eigenvalue weighted by Crippen LogP contribution is 2.34. The zero-order valence-electron chi connectivity index (χ0n) is 10.3. The molecule has 0 aliphatic heterocycles. The van der Waals surface area contributed by atoms with E-state index in [1.165, 1.54) is 24.4 Å². The maximum Gasteiger partial charge on any atom is 0.418 e. The third-order valence-electron chi connectivity index (χ3n) is 2.59. The standard InChI is InChI=1S/C14H11F3N2O/c15-14(16,17)11-5-1-2-6-12(11)19-13(20)8-10-4-3-7-18-9-10/h1-7,9H,8H2,(H,19,20). The van der Waals surface area contributed by atoms with Gasteiger partial charge in [-0.05, 0) is 23.8 Å². The maximum absolute atomic E-state index is 12.8. The molecule has 0 spiro atoms. The van der Waals surface area contributed by atoms with E-state index in [2.05, 4.69) is 10.3 Å². The summed E-state index contributed by atoms with van der Waals surface area (Å²) in [5.41, 5.74) is -0.470. The molecule has 104 valence electrons.